The molecule has 0 aromatic carbocycles. The number of hydrogen-bond acceptors (Lipinski definition) is 4. The van der Waals surface area contributed by atoms with Gasteiger partial charge in [-0.1, -0.05) is 0 Å². The van der Waals surface area contributed by atoms with Gasteiger partial charge in [0.15, 0.2) is 0 Å². The van der Waals surface area contributed by atoms with E-state index in [4.69, 9.17) is 6.65 Å². The van der Waals surface area contributed by atoms with Crippen LogP contribution in [0.5, 0.6) is 0 Å². The number of hydrazine groups is 1. The van der Waals surface area contributed by atoms with Crippen molar-refractivity contribution in [3.63, 3.8) is 0 Å². The Morgan fingerprint density at radius 2 is 1.20 bits per heavy atom. The van der Waals surface area contributed by atoms with Gasteiger partial charge in [0, 0.05) is 0 Å². The molecule has 0 aliphatic carbocycles. The van der Waals surface area contributed by atoms with Gasteiger partial charge in [0.1, 0.15) is 0 Å². The van der Waals surface area contributed by atoms with E-state index in [9.17, 15) is 0 Å². The predicted octanol–water partition coefficient (Wildman–Crippen LogP) is -1.42. The third kappa shape index (κ3) is 385. The average molecular weight is 112 g/mol. The second-order valence-electron chi connectivity index (χ2n) is 0.0833. The summed E-state index contributed by atoms with van der Waals surface area (Å²) in [7, 11) is 0. The quantitative estimate of drug-likeness (QED) is 0.228. The Balaban J connectivity index is 0. The third-order valence-electron chi connectivity index (χ3n) is 0. The standard InChI is InChI=1S/H4N2.2O.Ti/c1-2;;;/h1-2H2;;;. The van der Waals surface area contributed by atoms with Crippen molar-refractivity contribution >= 4 is 0 Å². The Labute approximate surface area is 38.1 Å². The molecule has 0 saturated carbocycles. The van der Waals surface area contributed by atoms with E-state index in [0.29, 0.717) is 0 Å². The monoisotopic (exact) mass is 112 g/mol. The van der Waals surface area contributed by atoms with E-state index < -0.39 is 19.1 Å². The molecule has 5 heavy (non-hydrogen) atoms. The van der Waals surface area contributed by atoms with Crippen molar-refractivity contribution in [2.75, 3.05) is 0 Å². The van der Waals surface area contributed by atoms with Crippen LogP contribution >= 0.6 is 0 Å². The summed E-state index contributed by atoms with van der Waals surface area (Å²) in [5.41, 5.74) is 0. The third-order valence-corrected chi connectivity index (χ3v) is 0. The zero-order valence-electron chi connectivity index (χ0n) is 2.47. The van der Waals surface area contributed by atoms with Crippen LogP contribution in [0.1, 0.15) is 0 Å². The summed E-state index contributed by atoms with van der Waals surface area (Å²) in [4.78, 5) is 0. The molecular weight excluding hydrogens is 108 g/mol. The van der Waals surface area contributed by atoms with Crippen molar-refractivity contribution in [3.8, 4) is 0 Å². The van der Waals surface area contributed by atoms with Crippen LogP contribution in [0.15, 0.2) is 0 Å². The zero-order valence-corrected chi connectivity index (χ0v) is 4.03. The predicted molar refractivity (Wildman–Crippen MR) is 9.75 cm³/mol. The van der Waals surface area contributed by atoms with Gasteiger partial charge in [-0.05, 0) is 0 Å². The van der Waals surface area contributed by atoms with Crippen LogP contribution in [0.4, 0.5) is 0 Å². The first-order valence-corrected chi connectivity index (χ1v) is 2.02. The summed E-state index contributed by atoms with van der Waals surface area (Å²) in [5.74, 6) is 8.00. The molecule has 0 saturated heterocycles. The maximum absolute atomic E-state index is 8.50. The van der Waals surface area contributed by atoms with Crippen LogP contribution in [0.25, 0.3) is 0 Å². The van der Waals surface area contributed by atoms with Gasteiger partial charge in [0.25, 0.3) is 0 Å². The molecule has 0 aromatic rings. The van der Waals surface area contributed by atoms with Gasteiger partial charge >= 0.3 is 25.7 Å². The molecule has 0 rings (SSSR count). The SMILES string of the molecule is NN.[O]=[Ti]=[O]. The van der Waals surface area contributed by atoms with Gasteiger partial charge in [0.05, 0.1) is 0 Å². The summed E-state index contributed by atoms with van der Waals surface area (Å²) in [6.45, 7) is 0. The Hall–Kier alpha value is 0.234. The molecule has 0 radical (unpaired) electrons. The molecule has 0 fully saturated rings. The summed E-state index contributed by atoms with van der Waals surface area (Å²) in [5, 5.41) is 0. The van der Waals surface area contributed by atoms with Crippen molar-refractivity contribution in [2.24, 2.45) is 11.7 Å². The molecule has 4 nitrogen and oxygen atoms in total. The number of rotatable bonds is 0. The molecule has 0 heterocycles. The summed E-state index contributed by atoms with van der Waals surface area (Å²) in [6.07, 6.45) is 0. The normalized spacial score (nSPS) is 2.80. The van der Waals surface area contributed by atoms with Gasteiger partial charge in [-0.3, -0.25) is 11.7 Å². The molecule has 0 spiro atoms. The first kappa shape index (κ1) is 8.97. The van der Waals surface area contributed by atoms with Crippen LogP contribution in [0, 0.1) is 0 Å². The second kappa shape index (κ2) is 29.1. The van der Waals surface area contributed by atoms with E-state index >= 15 is 0 Å². The van der Waals surface area contributed by atoms with Crippen molar-refractivity contribution in [1.29, 1.82) is 0 Å². The van der Waals surface area contributed by atoms with Crippen LogP contribution in [0.3, 0.4) is 0 Å². The molecule has 5 heteroatoms. The fourth-order valence-electron chi connectivity index (χ4n) is 0. The van der Waals surface area contributed by atoms with Crippen LogP contribution in [-0.2, 0) is 25.7 Å². The second-order valence-corrected chi connectivity index (χ2v) is 0.344. The minimum atomic E-state index is -2.00. The van der Waals surface area contributed by atoms with Gasteiger partial charge in [-0.25, -0.2) is 0 Å². The van der Waals surface area contributed by atoms with Crippen molar-refractivity contribution in [3.05, 3.63) is 0 Å². The molecule has 0 bridgehead atoms. The van der Waals surface area contributed by atoms with E-state index in [1.165, 1.54) is 0 Å². The van der Waals surface area contributed by atoms with Crippen LogP contribution < -0.4 is 11.7 Å². The van der Waals surface area contributed by atoms with E-state index in [1.807, 2.05) is 0 Å². The van der Waals surface area contributed by atoms with Crippen LogP contribution in [-0.4, -0.2) is 0 Å². The molecule has 0 aliphatic heterocycles. The first-order chi connectivity index (χ1) is 2.41. The van der Waals surface area contributed by atoms with Crippen molar-refractivity contribution in [1.82, 2.24) is 0 Å². The molecular formula is H4N2O2Ti. The molecule has 0 atom stereocenters. The fourth-order valence-corrected chi connectivity index (χ4v) is 0. The van der Waals surface area contributed by atoms with Gasteiger partial charge in [-0.2, -0.15) is 0 Å². The van der Waals surface area contributed by atoms with Gasteiger partial charge in [0.2, 0.25) is 0 Å². The minimum absolute atomic E-state index is 2.00. The molecule has 0 amide bonds. The Bertz CT molecular complexity index is 28.6. The maximum atomic E-state index is 8.50. The molecule has 0 aromatic heterocycles. The average Bonchev–Trinajstić information content (AvgIpc) is 1.46. The summed E-state index contributed by atoms with van der Waals surface area (Å²) in [6, 6.07) is 0. The molecule has 4 N–H and O–H groups in total. The van der Waals surface area contributed by atoms with Crippen molar-refractivity contribution < 1.29 is 25.7 Å². The van der Waals surface area contributed by atoms with Crippen molar-refractivity contribution in [2.45, 2.75) is 0 Å². The van der Waals surface area contributed by atoms with E-state index in [0.717, 1.165) is 0 Å². The van der Waals surface area contributed by atoms with Gasteiger partial charge < -0.3 is 0 Å². The molecule has 0 aliphatic rings. The van der Waals surface area contributed by atoms with Crippen LogP contribution in [0.2, 0.25) is 0 Å². The van der Waals surface area contributed by atoms with E-state index in [-0.39, 0.29) is 0 Å². The zero-order chi connectivity index (χ0) is 4.71. The number of nitrogens with two attached hydrogens (primary N) is 2. The Morgan fingerprint density at radius 1 is 1.20 bits per heavy atom. The van der Waals surface area contributed by atoms with E-state index in [2.05, 4.69) is 11.7 Å². The Morgan fingerprint density at radius 3 is 1.20 bits per heavy atom. The molecule has 0 unspecified atom stereocenters. The van der Waals surface area contributed by atoms with Gasteiger partial charge in [-0.15, -0.1) is 0 Å². The fraction of sp³-hybridized carbons (Fsp3) is 0. The summed E-state index contributed by atoms with van der Waals surface area (Å²) < 4.78 is 17.0. The topological polar surface area (TPSA) is 86.2 Å². The Kier molecular flexibility index (Phi) is 52.2. The number of hydrogen-bond donors (Lipinski definition) is 2. The molecule has 30 valence electrons. The first-order valence-electron chi connectivity index (χ1n) is 0.742. The van der Waals surface area contributed by atoms with E-state index in [1.54, 1.807) is 0 Å². The summed E-state index contributed by atoms with van der Waals surface area (Å²) >= 11 is -2.00.